The van der Waals surface area contributed by atoms with E-state index in [2.05, 4.69) is 38.1 Å². The Bertz CT molecular complexity index is 378. The number of rotatable bonds is 2. The van der Waals surface area contributed by atoms with Crippen molar-refractivity contribution in [1.82, 2.24) is 0 Å². The van der Waals surface area contributed by atoms with E-state index in [4.69, 9.17) is 5.73 Å². The van der Waals surface area contributed by atoms with Crippen molar-refractivity contribution in [2.45, 2.75) is 57.1 Å². The summed E-state index contributed by atoms with van der Waals surface area (Å²) in [4.78, 5) is 0. The molecule has 0 amide bonds. The number of aliphatic hydroxyl groups excluding tert-OH is 1. The van der Waals surface area contributed by atoms with Crippen molar-refractivity contribution in [3.63, 3.8) is 0 Å². The second-order valence-electron chi connectivity index (χ2n) is 5.67. The molecule has 0 radical (unpaired) electrons. The molecule has 3 N–H and O–H groups in total. The van der Waals surface area contributed by atoms with Gasteiger partial charge in [-0.2, -0.15) is 0 Å². The molecule has 0 atom stereocenters. The summed E-state index contributed by atoms with van der Waals surface area (Å²) in [6, 6.07) is 8.63. The van der Waals surface area contributed by atoms with Crippen LogP contribution in [0, 0.1) is 0 Å². The SMILES string of the molecule is CC(C)c1cccc(C2(N)CCC(O)CC2)c1. The van der Waals surface area contributed by atoms with Gasteiger partial charge in [-0.3, -0.25) is 0 Å². The lowest BCUT2D eigenvalue weighted by Gasteiger charge is -2.36. The average molecular weight is 233 g/mol. The molecule has 0 saturated heterocycles. The molecule has 0 spiro atoms. The summed E-state index contributed by atoms with van der Waals surface area (Å²) in [6.07, 6.45) is 3.26. The van der Waals surface area contributed by atoms with Gasteiger partial charge in [0.25, 0.3) is 0 Å². The molecule has 0 heterocycles. The Hall–Kier alpha value is -0.860. The van der Waals surface area contributed by atoms with Gasteiger partial charge in [-0.05, 0) is 42.7 Å². The number of hydrogen-bond acceptors (Lipinski definition) is 2. The number of benzene rings is 1. The van der Waals surface area contributed by atoms with Crippen LogP contribution in [0.15, 0.2) is 24.3 Å². The van der Waals surface area contributed by atoms with E-state index < -0.39 is 0 Å². The van der Waals surface area contributed by atoms with Gasteiger partial charge in [-0.15, -0.1) is 0 Å². The fourth-order valence-corrected chi connectivity index (χ4v) is 2.61. The molecule has 1 aliphatic rings. The molecule has 17 heavy (non-hydrogen) atoms. The van der Waals surface area contributed by atoms with Crippen LogP contribution < -0.4 is 5.73 Å². The van der Waals surface area contributed by atoms with E-state index >= 15 is 0 Å². The maximum absolute atomic E-state index is 9.58. The Kier molecular flexibility index (Phi) is 3.55. The van der Waals surface area contributed by atoms with E-state index in [9.17, 15) is 5.11 Å². The van der Waals surface area contributed by atoms with E-state index in [1.807, 2.05) is 0 Å². The summed E-state index contributed by atoms with van der Waals surface area (Å²) in [7, 11) is 0. The Morgan fingerprint density at radius 2 is 1.94 bits per heavy atom. The summed E-state index contributed by atoms with van der Waals surface area (Å²) in [5.74, 6) is 0.535. The fourth-order valence-electron chi connectivity index (χ4n) is 2.61. The molecule has 1 aromatic rings. The maximum Gasteiger partial charge on any atom is 0.0541 e. The van der Waals surface area contributed by atoms with Crippen molar-refractivity contribution < 1.29 is 5.11 Å². The molecule has 0 bridgehead atoms. The van der Waals surface area contributed by atoms with Gasteiger partial charge in [0.2, 0.25) is 0 Å². The van der Waals surface area contributed by atoms with Crippen LogP contribution >= 0.6 is 0 Å². The van der Waals surface area contributed by atoms with E-state index in [1.54, 1.807) is 0 Å². The van der Waals surface area contributed by atoms with Gasteiger partial charge in [0.1, 0.15) is 0 Å². The Labute approximate surface area is 104 Å². The van der Waals surface area contributed by atoms with Gasteiger partial charge in [-0.1, -0.05) is 38.1 Å². The molecular weight excluding hydrogens is 210 g/mol. The zero-order chi connectivity index (χ0) is 12.5. The van der Waals surface area contributed by atoms with Gasteiger partial charge in [0.15, 0.2) is 0 Å². The van der Waals surface area contributed by atoms with Gasteiger partial charge in [0, 0.05) is 5.54 Å². The third-order valence-corrected chi connectivity index (χ3v) is 3.98. The molecule has 1 aliphatic carbocycles. The highest BCUT2D eigenvalue weighted by Gasteiger charge is 2.32. The average Bonchev–Trinajstić information content (AvgIpc) is 2.33. The van der Waals surface area contributed by atoms with Crippen LogP contribution in [0.5, 0.6) is 0 Å². The van der Waals surface area contributed by atoms with Gasteiger partial charge < -0.3 is 10.8 Å². The van der Waals surface area contributed by atoms with Crippen molar-refractivity contribution in [1.29, 1.82) is 0 Å². The first-order chi connectivity index (χ1) is 8.01. The van der Waals surface area contributed by atoms with Crippen molar-refractivity contribution in [2.24, 2.45) is 5.73 Å². The summed E-state index contributed by atoms with van der Waals surface area (Å²) < 4.78 is 0. The molecular formula is C15H23NO. The molecule has 2 rings (SSSR count). The molecule has 1 saturated carbocycles. The maximum atomic E-state index is 9.58. The van der Waals surface area contributed by atoms with E-state index in [0.717, 1.165) is 25.7 Å². The third-order valence-electron chi connectivity index (χ3n) is 3.98. The van der Waals surface area contributed by atoms with Crippen LogP contribution in [-0.4, -0.2) is 11.2 Å². The quantitative estimate of drug-likeness (QED) is 0.825. The standard InChI is InChI=1S/C15H23NO/c1-11(2)12-4-3-5-13(10-12)15(16)8-6-14(17)7-9-15/h3-5,10-11,14,17H,6-9,16H2,1-2H3. The minimum Gasteiger partial charge on any atom is -0.393 e. The molecule has 1 aromatic carbocycles. The van der Waals surface area contributed by atoms with E-state index in [0.29, 0.717) is 5.92 Å². The zero-order valence-corrected chi connectivity index (χ0v) is 10.8. The normalized spacial score (nSPS) is 29.6. The second-order valence-corrected chi connectivity index (χ2v) is 5.67. The van der Waals surface area contributed by atoms with Gasteiger partial charge >= 0.3 is 0 Å². The van der Waals surface area contributed by atoms with Crippen LogP contribution in [-0.2, 0) is 5.54 Å². The summed E-state index contributed by atoms with van der Waals surface area (Å²) in [5.41, 5.74) is 8.85. The summed E-state index contributed by atoms with van der Waals surface area (Å²) >= 11 is 0. The topological polar surface area (TPSA) is 46.2 Å². The highest BCUT2D eigenvalue weighted by atomic mass is 16.3. The molecule has 2 nitrogen and oxygen atoms in total. The van der Waals surface area contributed by atoms with Crippen LogP contribution in [0.2, 0.25) is 0 Å². The predicted octanol–water partition coefficient (Wildman–Crippen LogP) is 2.90. The van der Waals surface area contributed by atoms with Crippen molar-refractivity contribution in [3.05, 3.63) is 35.4 Å². The summed E-state index contributed by atoms with van der Waals surface area (Å²) in [5, 5.41) is 9.58. The molecule has 94 valence electrons. The van der Waals surface area contributed by atoms with Crippen molar-refractivity contribution in [2.75, 3.05) is 0 Å². The Balaban J connectivity index is 2.24. The molecule has 0 unspecified atom stereocenters. The van der Waals surface area contributed by atoms with E-state index in [-0.39, 0.29) is 11.6 Å². The lowest BCUT2D eigenvalue weighted by molar-refractivity contribution is 0.0969. The minimum absolute atomic E-state index is 0.153. The lowest BCUT2D eigenvalue weighted by Crippen LogP contribution is -2.41. The Morgan fingerprint density at radius 1 is 1.29 bits per heavy atom. The smallest absolute Gasteiger partial charge is 0.0541 e. The largest absolute Gasteiger partial charge is 0.393 e. The first-order valence-electron chi connectivity index (χ1n) is 6.59. The molecule has 0 aromatic heterocycles. The lowest BCUT2D eigenvalue weighted by atomic mass is 9.76. The minimum atomic E-state index is -0.232. The zero-order valence-electron chi connectivity index (χ0n) is 10.8. The van der Waals surface area contributed by atoms with Crippen molar-refractivity contribution >= 4 is 0 Å². The predicted molar refractivity (Wildman–Crippen MR) is 70.9 cm³/mol. The monoisotopic (exact) mass is 233 g/mol. The number of hydrogen-bond donors (Lipinski definition) is 2. The first kappa shape index (κ1) is 12.6. The summed E-state index contributed by atoms with van der Waals surface area (Å²) in [6.45, 7) is 4.40. The van der Waals surface area contributed by atoms with E-state index in [1.165, 1.54) is 11.1 Å². The first-order valence-corrected chi connectivity index (χ1v) is 6.59. The van der Waals surface area contributed by atoms with Gasteiger partial charge in [0.05, 0.1) is 6.10 Å². The highest BCUT2D eigenvalue weighted by molar-refractivity contribution is 5.31. The Morgan fingerprint density at radius 3 is 2.53 bits per heavy atom. The third kappa shape index (κ3) is 2.70. The second kappa shape index (κ2) is 4.79. The van der Waals surface area contributed by atoms with Crippen LogP contribution in [0.1, 0.15) is 56.6 Å². The fraction of sp³-hybridized carbons (Fsp3) is 0.600. The van der Waals surface area contributed by atoms with Crippen LogP contribution in [0.25, 0.3) is 0 Å². The van der Waals surface area contributed by atoms with Crippen molar-refractivity contribution in [3.8, 4) is 0 Å². The van der Waals surface area contributed by atoms with Crippen LogP contribution in [0.4, 0.5) is 0 Å². The van der Waals surface area contributed by atoms with Gasteiger partial charge in [-0.25, -0.2) is 0 Å². The molecule has 0 aliphatic heterocycles. The molecule has 1 fully saturated rings. The highest BCUT2D eigenvalue weighted by Crippen LogP contribution is 2.35. The molecule has 2 heteroatoms. The van der Waals surface area contributed by atoms with Crippen LogP contribution in [0.3, 0.4) is 0 Å². The number of nitrogens with two attached hydrogens (primary N) is 1. The number of aliphatic hydroxyl groups is 1.